The van der Waals surface area contributed by atoms with E-state index in [9.17, 15) is 9.36 Å². The molecule has 0 saturated heterocycles. The number of rotatable bonds is 16. The van der Waals surface area contributed by atoms with Crippen molar-refractivity contribution in [3.8, 4) is 0 Å². The Bertz CT molecular complexity index is 625. The molecule has 0 saturated carbocycles. The van der Waals surface area contributed by atoms with Crippen LogP contribution in [0.2, 0.25) is 0 Å². The van der Waals surface area contributed by atoms with E-state index in [2.05, 4.69) is 0 Å². The minimum Gasteiger partial charge on any atom is -0.466 e. The molecule has 0 bridgehead atoms. The summed E-state index contributed by atoms with van der Waals surface area (Å²) in [5.74, 6) is 0.475. The summed E-state index contributed by atoms with van der Waals surface area (Å²) in [6, 6.07) is 9.13. The lowest BCUT2D eigenvalue weighted by molar-refractivity contribution is -0.145. The van der Waals surface area contributed by atoms with E-state index in [-0.39, 0.29) is 62.7 Å². The quantitative estimate of drug-likeness (QED) is 0.166. The predicted molar refractivity (Wildman–Crippen MR) is 125 cm³/mol. The molecular formula is C19H29Cl4N2O4P. The molecule has 0 fully saturated rings. The van der Waals surface area contributed by atoms with Gasteiger partial charge in [-0.15, -0.1) is 46.4 Å². The lowest BCUT2D eigenvalue weighted by Crippen LogP contribution is -2.38. The second kappa shape index (κ2) is 15.7. The molecule has 172 valence electrons. The third-order valence-corrected chi connectivity index (χ3v) is 7.61. The van der Waals surface area contributed by atoms with Crippen LogP contribution in [0.3, 0.4) is 0 Å². The van der Waals surface area contributed by atoms with Gasteiger partial charge in [-0.2, -0.15) is 0 Å². The molecule has 0 N–H and O–H groups in total. The third kappa shape index (κ3) is 8.84. The van der Waals surface area contributed by atoms with Gasteiger partial charge in [0.1, 0.15) is 6.10 Å². The summed E-state index contributed by atoms with van der Waals surface area (Å²) in [5.41, 5.74) is 0.708. The van der Waals surface area contributed by atoms with E-state index in [0.717, 1.165) is 0 Å². The van der Waals surface area contributed by atoms with Gasteiger partial charge in [0.05, 0.1) is 13.0 Å². The second-order valence-corrected chi connectivity index (χ2v) is 10.0. The standard InChI is InChI=1S/C19H29Cl4N2O4P/c1-2-28-19(26)16-18(17-6-4-3-5-7-17)29-30(27,24(12-8-20)13-9-21)25(14-10-22)15-11-23/h3-7,18H,2,8-16H2,1H3. The Kier molecular flexibility index (Phi) is 14.7. The highest BCUT2D eigenvalue weighted by Gasteiger charge is 2.41. The van der Waals surface area contributed by atoms with Gasteiger partial charge in [-0.05, 0) is 12.5 Å². The van der Waals surface area contributed by atoms with E-state index in [4.69, 9.17) is 55.7 Å². The minimum absolute atomic E-state index is 0.0903. The maximum atomic E-state index is 14.3. The van der Waals surface area contributed by atoms with Gasteiger partial charge in [-0.3, -0.25) is 13.9 Å². The molecule has 0 aromatic heterocycles. The van der Waals surface area contributed by atoms with E-state index in [1.54, 1.807) is 16.3 Å². The topological polar surface area (TPSA) is 59.1 Å². The zero-order valence-corrected chi connectivity index (χ0v) is 20.9. The monoisotopic (exact) mass is 520 g/mol. The number of halogens is 4. The maximum Gasteiger partial charge on any atom is 0.346 e. The number of ether oxygens (including phenoxy) is 1. The molecule has 0 spiro atoms. The van der Waals surface area contributed by atoms with E-state index in [0.29, 0.717) is 5.56 Å². The first-order valence-corrected chi connectivity index (χ1v) is 13.4. The number of alkyl halides is 4. The SMILES string of the molecule is CCOC(=O)CC(OP(=O)(N(CCCl)CCCl)N(CCCl)CCCl)c1ccccc1. The molecule has 0 aliphatic carbocycles. The molecule has 1 unspecified atom stereocenters. The van der Waals surface area contributed by atoms with Crippen LogP contribution in [0.25, 0.3) is 0 Å². The van der Waals surface area contributed by atoms with Crippen LogP contribution in [-0.2, 0) is 18.6 Å². The third-order valence-electron chi connectivity index (χ3n) is 4.18. The van der Waals surface area contributed by atoms with Crippen LogP contribution < -0.4 is 0 Å². The van der Waals surface area contributed by atoms with E-state index < -0.39 is 19.7 Å². The summed E-state index contributed by atoms with van der Waals surface area (Å²) in [4.78, 5) is 12.3. The Balaban J connectivity index is 3.38. The van der Waals surface area contributed by atoms with Crippen molar-refractivity contribution in [3.05, 3.63) is 35.9 Å². The normalized spacial score (nSPS) is 13.0. The average molecular weight is 522 g/mol. The van der Waals surface area contributed by atoms with Gasteiger partial charge in [0.2, 0.25) is 0 Å². The summed E-state index contributed by atoms with van der Waals surface area (Å²) >= 11 is 23.9. The Morgan fingerprint density at radius 2 is 1.40 bits per heavy atom. The van der Waals surface area contributed by atoms with Crippen molar-refractivity contribution in [2.45, 2.75) is 19.4 Å². The number of esters is 1. The second-order valence-electron chi connectivity index (χ2n) is 6.17. The fourth-order valence-electron chi connectivity index (χ4n) is 2.85. The van der Waals surface area contributed by atoms with Crippen LogP contribution in [0.5, 0.6) is 0 Å². The Hall–Kier alpha value is -0.0400. The highest BCUT2D eigenvalue weighted by Crippen LogP contribution is 2.57. The molecule has 1 atom stereocenters. The molecular weight excluding hydrogens is 493 g/mol. The molecule has 6 nitrogen and oxygen atoms in total. The van der Waals surface area contributed by atoms with Crippen molar-refractivity contribution < 1.29 is 18.6 Å². The van der Waals surface area contributed by atoms with Crippen LogP contribution in [0.15, 0.2) is 30.3 Å². The average Bonchev–Trinajstić information content (AvgIpc) is 2.73. The van der Waals surface area contributed by atoms with Crippen LogP contribution in [0.1, 0.15) is 25.0 Å². The molecule has 0 aliphatic rings. The predicted octanol–water partition coefficient (Wildman–Crippen LogP) is 5.36. The summed E-state index contributed by atoms with van der Waals surface area (Å²) in [7, 11) is -3.68. The number of carbonyl (C=O) groups excluding carboxylic acids is 1. The molecule has 11 heteroatoms. The number of benzene rings is 1. The first-order chi connectivity index (χ1) is 14.5. The Morgan fingerprint density at radius 1 is 0.933 bits per heavy atom. The maximum absolute atomic E-state index is 14.3. The smallest absolute Gasteiger partial charge is 0.346 e. The summed E-state index contributed by atoms with van der Waals surface area (Å²) in [5, 5.41) is 0. The fraction of sp³-hybridized carbons (Fsp3) is 0.632. The number of hydrogen-bond acceptors (Lipinski definition) is 4. The molecule has 0 aliphatic heterocycles. The number of hydrogen-bond donors (Lipinski definition) is 0. The van der Waals surface area contributed by atoms with Crippen molar-refractivity contribution in [3.63, 3.8) is 0 Å². The minimum atomic E-state index is -3.68. The zero-order valence-electron chi connectivity index (χ0n) is 17.0. The van der Waals surface area contributed by atoms with E-state index in [1.165, 1.54) is 0 Å². The van der Waals surface area contributed by atoms with Crippen molar-refractivity contribution >= 4 is 60.0 Å². The van der Waals surface area contributed by atoms with Gasteiger partial charge in [0, 0.05) is 49.7 Å². The van der Waals surface area contributed by atoms with Gasteiger partial charge in [-0.1, -0.05) is 30.3 Å². The van der Waals surface area contributed by atoms with Crippen molar-refractivity contribution in [1.29, 1.82) is 0 Å². The molecule has 0 heterocycles. The first-order valence-electron chi connectivity index (χ1n) is 9.70. The van der Waals surface area contributed by atoms with Crippen molar-refractivity contribution in [2.75, 3.05) is 56.3 Å². The van der Waals surface area contributed by atoms with Crippen LogP contribution in [-0.4, -0.2) is 71.6 Å². The largest absolute Gasteiger partial charge is 0.466 e. The van der Waals surface area contributed by atoms with E-state index in [1.807, 2.05) is 30.3 Å². The highest BCUT2D eigenvalue weighted by atomic mass is 35.5. The molecule has 30 heavy (non-hydrogen) atoms. The van der Waals surface area contributed by atoms with Crippen molar-refractivity contribution in [2.24, 2.45) is 0 Å². The molecule has 0 radical (unpaired) electrons. The summed E-state index contributed by atoms with van der Waals surface area (Å²) in [6.45, 7) is 3.11. The summed E-state index contributed by atoms with van der Waals surface area (Å²) in [6.07, 6.45) is -0.884. The van der Waals surface area contributed by atoms with Crippen LogP contribution in [0.4, 0.5) is 0 Å². The molecule has 0 amide bonds. The number of nitrogens with zero attached hydrogens (tertiary/aromatic N) is 2. The molecule has 1 aromatic rings. The fourth-order valence-corrected chi connectivity index (χ4v) is 6.70. The first kappa shape index (κ1) is 28.0. The van der Waals surface area contributed by atoms with Crippen LogP contribution >= 0.6 is 54.1 Å². The van der Waals surface area contributed by atoms with Gasteiger partial charge in [-0.25, -0.2) is 9.34 Å². The van der Waals surface area contributed by atoms with Crippen molar-refractivity contribution in [1.82, 2.24) is 9.34 Å². The highest BCUT2D eigenvalue weighted by molar-refractivity contribution is 7.54. The van der Waals surface area contributed by atoms with Gasteiger partial charge in [0.25, 0.3) is 0 Å². The zero-order chi connectivity index (χ0) is 22.4. The van der Waals surface area contributed by atoms with Gasteiger partial charge >= 0.3 is 13.6 Å². The van der Waals surface area contributed by atoms with Gasteiger partial charge < -0.3 is 4.74 Å². The lowest BCUT2D eigenvalue weighted by atomic mass is 10.1. The lowest BCUT2D eigenvalue weighted by Gasteiger charge is -2.39. The Morgan fingerprint density at radius 3 is 1.80 bits per heavy atom. The Labute approximate surface area is 199 Å². The summed E-state index contributed by atoms with van der Waals surface area (Å²) < 4.78 is 28.9. The molecule has 1 aromatic carbocycles. The van der Waals surface area contributed by atoms with Crippen LogP contribution in [0, 0.1) is 0 Å². The number of carbonyl (C=O) groups is 1. The molecule has 1 rings (SSSR count). The van der Waals surface area contributed by atoms with E-state index >= 15 is 0 Å². The van der Waals surface area contributed by atoms with Gasteiger partial charge in [0.15, 0.2) is 0 Å².